The molecule has 5 heteroatoms. The predicted molar refractivity (Wildman–Crippen MR) is 105 cm³/mol. The van der Waals surface area contributed by atoms with Gasteiger partial charge in [0.05, 0.1) is 12.3 Å². The molecule has 2 rings (SSSR count). The molecule has 2 amide bonds. The van der Waals surface area contributed by atoms with Gasteiger partial charge in [-0.15, -0.1) is 0 Å². The maximum Gasteiger partial charge on any atom is 0.226 e. The quantitative estimate of drug-likeness (QED) is 0.815. The largest absolute Gasteiger partial charge is 0.492 e. The molecule has 2 aromatic carbocycles. The van der Waals surface area contributed by atoms with Crippen molar-refractivity contribution in [3.8, 4) is 5.75 Å². The summed E-state index contributed by atoms with van der Waals surface area (Å²) in [5.41, 5.74) is 3.58. The maximum atomic E-state index is 12.4. The molecule has 26 heavy (non-hydrogen) atoms. The van der Waals surface area contributed by atoms with E-state index in [1.165, 1.54) is 6.92 Å². The third-order valence-electron chi connectivity index (χ3n) is 4.07. The summed E-state index contributed by atoms with van der Waals surface area (Å²) in [6.45, 7) is 8.12. The third-order valence-corrected chi connectivity index (χ3v) is 4.07. The molecule has 0 heterocycles. The molecular formula is C21H26N2O3. The average Bonchev–Trinajstić information content (AvgIpc) is 2.59. The number of rotatable bonds is 7. The lowest BCUT2D eigenvalue weighted by atomic mass is 10.1. The summed E-state index contributed by atoms with van der Waals surface area (Å²) >= 11 is 0. The zero-order chi connectivity index (χ0) is 19.1. The number of hydrogen-bond acceptors (Lipinski definition) is 3. The van der Waals surface area contributed by atoms with Gasteiger partial charge in [-0.05, 0) is 50.1 Å². The van der Waals surface area contributed by atoms with Crippen molar-refractivity contribution in [1.29, 1.82) is 0 Å². The molecule has 0 aliphatic rings. The number of amides is 2. The van der Waals surface area contributed by atoms with Crippen molar-refractivity contribution in [2.24, 2.45) is 0 Å². The van der Waals surface area contributed by atoms with Crippen LogP contribution in [0.2, 0.25) is 0 Å². The van der Waals surface area contributed by atoms with Gasteiger partial charge in [-0.1, -0.05) is 24.3 Å². The second-order valence-electron chi connectivity index (χ2n) is 6.19. The number of hydrogen-bond donors (Lipinski definition) is 1. The third kappa shape index (κ3) is 5.09. The van der Waals surface area contributed by atoms with Crippen LogP contribution >= 0.6 is 0 Å². The number of carbonyl (C=O) groups excluding carboxylic acids is 2. The van der Waals surface area contributed by atoms with E-state index in [0.29, 0.717) is 18.0 Å². The van der Waals surface area contributed by atoms with Gasteiger partial charge in [0.25, 0.3) is 0 Å². The van der Waals surface area contributed by atoms with Crippen LogP contribution < -0.4 is 15.0 Å². The molecule has 0 aromatic heterocycles. The van der Waals surface area contributed by atoms with Crippen molar-refractivity contribution in [3.05, 3.63) is 53.6 Å². The van der Waals surface area contributed by atoms with Crippen LogP contribution in [0, 0.1) is 13.8 Å². The van der Waals surface area contributed by atoms with E-state index in [9.17, 15) is 9.59 Å². The SMILES string of the molecule is CCOc1ccccc1N(CCC(=O)Nc1cc(C)ccc1C)C(C)=O. The van der Waals surface area contributed by atoms with E-state index in [2.05, 4.69) is 5.32 Å². The molecule has 0 radical (unpaired) electrons. The summed E-state index contributed by atoms with van der Waals surface area (Å²) in [5, 5.41) is 2.93. The second-order valence-corrected chi connectivity index (χ2v) is 6.19. The van der Waals surface area contributed by atoms with Gasteiger partial charge in [-0.3, -0.25) is 9.59 Å². The van der Waals surface area contributed by atoms with Gasteiger partial charge in [0, 0.05) is 25.6 Å². The number of carbonyl (C=O) groups is 2. The monoisotopic (exact) mass is 354 g/mol. The molecular weight excluding hydrogens is 328 g/mol. The summed E-state index contributed by atoms with van der Waals surface area (Å²) in [6, 6.07) is 13.3. The molecule has 0 bridgehead atoms. The first-order valence-electron chi connectivity index (χ1n) is 8.79. The molecule has 2 aromatic rings. The lowest BCUT2D eigenvalue weighted by Crippen LogP contribution is -2.32. The van der Waals surface area contributed by atoms with Crippen molar-refractivity contribution >= 4 is 23.2 Å². The fourth-order valence-corrected chi connectivity index (χ4v) is 2.70. The highest BCUT2D eigenvalue weighted by Crippen LogP contribution is 2.28. The van der Waals surface area contributed by atoms with Gasteiger partial charge in [-0.2, -0.15) is 0 Å². The number of benzene rings is 2. The Kier molecular flexibility index (Phi) is 6.78. The van der Waals surface area contributed by atoms with Crippen LogP contribution in [-0.2, 0) is 9.59 Å². The molecule has 0 aliphatic carbocycles. The molecule has 0 saturated heterocycles. The lowest BCUT2D eigenvalue weighted by molar-refractivity contribution is -0.117. The van der Waals surface area contributed by atoms with Crippen molar-refractivity contribution in [3.63, 3.8) is 0 Å². The van der Waals surface area contributed by atoms with Crippen LogP contribution in [0.1, 0.15) is 31.4 Å². The van der Waals surface area contributed by atoms with Crippen LogP contribution in [0.3, 0.4) is 0 Å². The van der Waals surface area contributed by atoms with Gasteiger partial charge in [-0.25, -0.2) is 0 Å². The highest BCUT2D eigenvalue weighted by molar-refractivity contribution is 5.96. The van der Waals surface area contributed by atoms with Crippen LogP contribution in [0.4, 0.5) is 11.4 Å². The van der Waals surface area contributed by atoms with E-state index in [-0.39, 0.29) is 24.8 Å². The molecule has 0 unspecified atom stereocenters. The Labute approximate surface area is 155 Å². The number of anilines is 2. The van der Waals surface area contributed by atoms with Crippen LogP contribution in [-0.4, -0.2) is 25.0 Å². The van der Waals surface area contributed by atoms with Gasteiger partial charge in [0.2, 0.25) is 11.8 Å². The highest BCUT2D eigenvalue weighted by atomic mass is 16.5. The fraction of sp³-hybridized carbons (Fsp3) is 0.333. The van der Waals surface area contributed by atoms with E-state index in [1.807, 2.05) is 63.2 Å². The lowest BCUT2D eigenvalue weighted by Gasteiger charge is -2.23. The van der Waals surface area contributed by atoms with E-state index >= 15 is 0 Å². The molecule has 0 fully saturated rings. The van der Waals surface area contributed by atoms with Crippen molar-refractivity contribution in [1.82, 2.24) is 0 Å². The summed E-state index contributed by atoms with van der Waals surface area (Å²) in [5.74, 6) is 0.385. The fourth-order valence-electron chi connectivity index (χ4n) is 2.70. The summed E-state index contributed by atoms with van der Waals surface area (Å²) in [4.78, 5) is 26.1. The summed E-state index contributed by atoms with van der Waals surface area (Å²) < 4.78 is 5.61. The van der Waals surface area contributed by atoms with Crippen LogP contribution in [0.15, 0.2) is 42.5 Å². The zero-order valence-electron chi connectivity index (χ0n) is 15.8. The second kappa shape index (κ2) is 9.04. The van der Waals surface area contributed by atoms with Crippen LogP contribution in [0.5, 0.6) is 5.75 Å². The van der Waals surface area contributed by atoms with Crippen molar-refractivity contribution in [2.75, 3.05) is 23.4 Å². The van der Waals surface area contributed by atoms with E-state index < -0.39 is 0 Å². The summed E-state index contributed by atoms with van der Waals surface area (Å²) in [7, 11) is 0. The van der Waals surface area contributed by atoms with Gasteiger partial charge in [0.1, 0.15) is 5.75 Å². The molecule has 138 valence electrons. The molecule has 0 saturated carbocycles. The van der Waals surface area contributed by atoms with Crippen molar-refractivity contribution in [2.45, 2.75) is 34.1 Å². The van der Waals surface area contributed by atoms with E-state index in [0.717, 1.165) is 16.8 Å². The Balaban J connectivity index is 2.08. The minimum absolute atomic E-state index is 0.126. The van der Waals surface area contributed by atoms with Crippen LogP contribution in [0.25, 0.3) is 0 Å². The first kappa shape index (κ1) is 19.5. The first-order chi connectivity index (χ1) is 12.4. The minimum atomic E-state index is -0.128. The molecule has 0 spiro atoms. The zero-order valence-corrected chi connectivity index (χ0v) is 15.8. The molecule has 0 aliphatic heterocycles. The Morgan fingerprint density at radius 2 is 1.85 bits per heavy atom. The number of nitrogens with zero attached hydrogens (tertiary/aromatic N) is 1. The van der Waals surface area contributed by atoms with Gasteiger partial charge >= 0.3 is 0 Å². The van der Waals surface area contributed by atoms with Crippen molar-refractivity contribution < 1.29 is 14.3 Å². The highest BCUT2D eigenvalue weighted by Gasteiger charge is 2.17. The molecule has 5 nitrogen and oxygen atoms in total. The van der Waals surface area contributed by atoms with E-state index in [4.69, 9.17) is 4.74 Å². The molecule has 0 atom stereocenters. The topological polar surface area (TPSA) is 58.6 Å². The number of ether oxygens (including phenoxy) is 1. The number of aryl methyl sites for hydroxylation is 2. The number of para-hydroxylation sites is 2. The Bertz CT molecular complexity index is 787. The maximum absolute atomic E-state index is 12.4. The molecule has 1 N–H and O–H groups in total. The minimum Gasteiger partial charge on any atom is -0.492 e. The smallest absolute Gasteiger partial charge is 0.226 e. The standard InChI is InChI=1S/C21H26N2O3/c1-5-26-20-9-7-6-8-19(20)23(17(4)24)13-12-21(25)22-18-14-15(2)10-11-16(18)3/h6-11,14H,5,12-13H2,1-4H3,(H,22,25). The Hall–Kier alpha value is -2.82. The van der Waals surface area contributed by atoms with Gasteiger partial charge < -0.3 is 15.0 Å². The number of nitrogens with one attached hydrogen (secondary N) is 1. The van der Waals surface area contributed by atoms with Gasteiger partial charge in [0.15, 0.2) is 0 Å². The average molecular weight is 354 g/mol. The van der Waals surface area contributed by atoms with E-state index in [1.54, 1.807) is 4.90 Å². The Morgan fingerprint density at radius 1 is 1.12 bits per heavy atom. The first-order valence-corrected chi connectivity index (χ1v) is 8.79. The Morgan fingerprint density at radius 3 is 2.54 bits per heavy atom. The normalized spacial score (nSPS) is 10.3. The predicted octanol–water partition coefficient (Wildman–Crippen LogP) is 4.08. The summed E-state index contributed by atoms with van der Waals surface area (Å²) in [6.07, 6.45) is 0.202.